The second-order valence-electron chi connectivity index (χ2n) is 4.35. The molecular formula is C15H10F2N2OS. The van der Waals surface area contributed by atoms with Crippen molar-refractivity contribution in [3.63, 3.8) is 0 Å². The van der Waals surface area contributed by atoms with Gasteiger partial charge < -0.3 is 5.32 Å². The Bertz CT molecular complexity index is 763. The van der Waals surface area contributed by atoms with E-state index in [1.54, 1.807) is 0 Å². The molecule has 0 atom stereocenters. The van der Waals surface area contributed by atoms with Crippen LogP contribution in [0.2, 0.25) is 0 Å². The lowest BCUT2D eigenvalue weighted by Crippen LogP contribution is -2.24. The number of nitrogens with zero attached hydrogens (tertiary/aromatic N) is 1. The fourth-order valence-electron chi connectivity index (χ4n) is 1.95. The number of amides is 1. The van der Waals surface area contributed by atoms with Crippen LogP contribution in [0.5, 0.6) is 0 Å². The molecule has 21 heavy (non-hydrogen) atoms. The van der Waals surface area contributed by atoms with E-state index in [0.29, 0.717) is 5.01 Å². The summed E-state index contributed by atoms with van der Waals surface area (Å²) in [6, 6.07) is 10.9. The van der Waals surface area contributed by atoms with E-state index in [4.69, 9.17) is 0 Å². The number of fused-ring (bicyclic) bond motifs is 1. The Balaban J connectivity index is 1.76. The summed E-state index contributed by atoms with van der Waals surface area (Å²) >= 11 is 1.43. The van der Waals surface area contributed by atoms with Crippen molar-refractivity contribution in [2.75, 3.05) is 0 Å². The summed E-state index contributed by atoms with van der Waals surface area (Å²) in [4.78, 5) is 16.2. The van der Waals surface area contributed by atoms with Crippen LogP contribution in [0.4, 0.5) is 8.78 Å². The van der Waals surface area contributed by atoms with Crippen LogP contribution in [-0.4, -0.2) is 10.9 Å². The first kappa shape index (κ1) is 13.6. The lowest BCUT2D eigenvalue weighted by atomic mass is 10.2. The molecule has 3 aromatic rings. The normalized spacial score (nSPS) is 10.8. The number of carbonyl (C=O) groups is 1. The molecule has 0 unspecified atom stereocenters. The molecule has 0 saturated heterocycles. The number of para-hydroxylation sites is 1. The highest BCUT2D eigenvalue weighted by molar-refractivity contribution is 7.18. The number of hydrogen-bond acceptors (Lipinski definition) is 3. The summed E-state index contributed by atoms with van der Waals surface area (Å²) in [5.41, 5.74) is 0.266. The van der Waals surface area contributed by atoms with Crippen molar-refractivity contribution in [1.29, 1.82) is 0 Å². The van der Waals surface area contributed by atoms with E-state index < -0.39 is 23.1 Å². The average molecular weight is 304 g/mol. The summed E-state index contributed by atoms with van der Waals surface area (Å²) < 4.78 is 28.0. The van der Waals surface area contributed by atoms with E-state index in [1.165, 1.54) is 17.4 Å². The first-order chi connectivity index (χ1) is 10.1. The molecule has 2 aromatic carbocycles. The number of benzene rings is 2. The molecule has 106 valence electrons. The van der Waals surface area contributed by atoms with Gasteiger partial charge in [-0.05, 0) is 24.3 Å². The Morgan fingerprint density at radius 2 is 1.81 bits per heavy atom. The number of nitrogens with one attached hydrogen (secondary N) is 1. The van der Waals surface area contributed by atoms with Gasteiger partial charge in [0.05, 0.1) is 16.8 Å². The second kappa shape index (κ2) is 5.57. The number of rotatable bonds is 3. The van der Waals surface area contributed by atoms with Crippen LogP contribution in [-0.2, 0) is 6.54 Å². The van der Waals surface area contributed by atoms with Crippen molar-refractivity contribution in [2.24, 2.45) is 0 Å². The topological polar surface area (TPSA) is 42.0 Å². The molecule has 0 spiro atoms. The summed E-state index contributed by atoms with van der Waals surface area (Å²) in [6.45, 7) is 0.131. The second-order valence-corrected chi connectivity index (χ2v) is 5.47. The Labute approximate surface area is 123 Å². The monoisotopic (exact) mass is 304 g/mol. The van der Waals surface area contributed by atoms with Crippen LogP contribution in [0.25, 0.3) is 10.2 Å². The average Bonchev–Trinajstić information content (AvgIpc) is 2.87. The summed E-state index contributed by atoms with van der Waals surface area (Å²) in [6.07, 6.45) is 0. The standard InChI is InChI=1S/C15H10F2N2OS/c16-9-4-3-5-10(17)14(9)15(20)18-8-13-19-11-6-1-2-7-12(11)21-13/h1-7H,8H2,(H,18,20). The van der Waals surface area contributed by atoms with Gasteiger partial charge in [0.1, 0.15) is 22.2 Å². The van der Waals surface area contributed by atoms with Gasteiger partial charge >= 0.3 is 0 Å². The van der Waals surface area contributed by atoms with E-state index in [-0.39, 0.29) is 6.54 Å². The Kier molecular flexibility index (Phi) is 3.62. The molecule has 0 fully saturated rings. The predicted molar refractivity (Wildman–Crippen MR) is 77.1 cm³/mol. The minimum atomic E-state index is -0.878. The summed E-state index contributed by atoms with van der Waals surface area (Å²) in [5.74, 6) is -2.54. The minimum Gasteiger partial charge on any atom is -0.345 e. The zero-order valence-electron chi connectivity index (χ0n) is 10.8. The number of halogens is 2. The van der Waals surface area contributed by atoms with E-state index >= 15 is 0 Å². The van der Waals surface area contributed by atoms with Crippen LogP contribution in [0.3, 0.4) is 0 Å². The molecule has 0 bridgehead atoms. The maximum absolute atomic E-state index is 13.5. The van der Waals surface area contributed by atoms with Crippen molar-refractivity contribution < 1.29 is 13.6 Å². The molecule has 1 aromatic heterocycles. The predicted octanol–water partition coefficient (Wildman–Crippen LogP) is 3.50. The number of hydrogen-bond donors (Lipinski definition) is 1. The highest BCUT2D eigenvalue weighted by Crippen LogP contribution is 2.21. The third kappa shape index (κ3) is 2.75. The number of thiazole rings is 1. The van der Waals surface area contributed by atoms with Gasteiger partial charge in [0, 0.05) is 0 Å². The van der Waals surface area contributed by atoms with Crippen LogP contribution >= 0.6 is 11.3 Å². The van der Waals surface area contributed by atoms with Gasteiger partial charge in [-0.2, -0.15) is 0 Å². The molecule has 0 saturated carbocycles. The number of aromatic nitrogens is 1. The van der Waals surface area contributed by atoms with Crippen LogP contribution in [0.15, 0.2) is 42.5 Å². The maximum atomic E-state index is 13.5. The Morgan fingerprint density at radius 1 is 1.10 bits per heavy atom. The lowest BCUT2D eigenvalue weighted by molar-refractivity contribution is 0.0942. The van der Waals surface area contributed by atoms with E-state index in [2.05, 4.69) is 10.3 Å². The Hall–Kier alpha value is -2.34. The van der Waals surface area contributed by atoms with Gasteiger partial charge in [-0.15, -0.1) is 11.3 Å². The smallest absolute Gasteiger partial charge is 0.257 e. The van der Waals surface area contributed by atoms with Gasteiger partial charge in [0.15, 0.2) is 0 Å². The fourth-order valence-corrected chi connectivity index (χ4v) is 2.86. The molecule has 3 nitrogen and oxygen atoms in total. The van der Waals surface area contributed by atoms with Gasteiger partial charge in [0.25, 0.3) is 5.91 Å². The van der Waals surface area contributed by atoms with E-state index in [9.17, 15) is 13.6 Å². The molecular weight excluding hydrogens is 294 g/mol. The van der Waals surface area contributed by atoms with Crippen molar-refractivity contribution in [2.45, 2.75) is 6.54 Å². The molecule has 1 amide bonds. The minimum absolute atomic E-state index is 0.131. The van der Waals surface area contributed by atoms with Gasteiger partial charge in [-0.25, -0.2) is 13.8 Å². The van der Waals surface area contributed by atoms with Crippen LogP contribution in [0, 0.1) is 11.6 Å². The Morgan fingerprint density at radius 3 is 2.52 bits per heavy atom. The van der Waals surface area contributed by atoms with Crippen molar-refractivity contribution in [3.8, 4) is 0 Å². The fraction of sp³-hybridized carbons (Fsp3) is 0.0667. The first-order valence-electron chi connectivity index (χ1n) is 6.22. The van der Waals surface area contributed by atoms with Gasteiger partial charge in [0.2, 0.25) is 0 Å². The zero-order chi connectivity index (χ0) is 14.8. The van der Waals surface area contributed by atoms with E-state index in [1.807, 2.05) is 24.3 Å². The molecule has 0 aliphatic heterocycles. The summed E-state index contributed by atoms with van der Waals surface area (Å²) in [5, 5.41) is 3.17. The molecule has 0 aliphatic rings. The molecule has 0 radical (unpaired) electrons. The molecule has 3 rings (SSSR count). The van der Waals surface area contributed by atoms with Crippen molar-refractivity contribution in [3.05, 3.63) is 64.7 Å². The number of carbonyl (C=O) groups excluding carboxylic acids is 1. The zero-order valence-corrected chi connectivity index (χ0v) is 11.6. The van der Waals surface area contributed by atoms with Gasteiger partial charge in [-0.3, -0.25) is 4.79 Å². The summed E-state index contributed by atoms with van der Waals surface area (Å²) in [7, 11) is 0. The van der Waals surface area contributed by atoms with Gasteiger partial charge in [-0.1, -0.05) is 18.2 Å². The maximum Gasteiger partial charge on any atom is 0.257 e. The first-order valence-corrected chi connectivity index (χ1v) is 7.03. The largest absolute Gasteiger partial charge is 0.345 e. The van der Waals surface area contributed by atoms with Crippen LogP contribution in [0.1, 0.15) is 15.4 Å². The molecule has 1 N–H and O–H groups in total. The highest BCUT2D eigenvalue weighted by Gasteiger charge is 2.17. The third-order valence-electron chi connectivity index (χ3n) is 2.93. The quantitative estimate of drug-likeness (QED) is 0.804. The van der Waals surface area contributed by atoms with Crippen molar-refractivity contribution >= 4 is 27.5 Å². The highest BCUT2D eigenvalue weighted by atomic mass is 32.1. The lowest BCUT2D eigenvalue weighted by Gasteiger charge is -2.05. The molecule has 6 heteroatoms. The molecule has 0 aliphatic carbocycles. The van der Waals surface area contributed by atoms with Crippen molar-refractivity contribution in [1.82, 2.24) is 10.3 Å². The van der Waals surface area contributed by atoms with E-state index in [0.717, 1.165) is 22.3 Å². The van der Waals surface area contributed by atoms with Crippen LogP contribution < -0.4 is 5.32 Å². The third-order valence-corrected chi connectivity index (χ3v) is 3.96. The molecule has 1 heterocycles. The SMILES string of the molecule is O=C(NCc1nc2ccccc2s1)c1c(F)cccc1F.